The standard InChI is InChI=1S/C13H20N4O2S/c1-3-14-13(19)17-6-4-16(5-7-17)12(18)8-11-9-20-10(2)15-11/h9H,3-8H2,1-2H3,(H,14,19). The summed E-state index contributed by atoms with van der Waals surface area (Å²) in [6.45, 7) is 6.83. The molecule has 7 heteroatoms. The van der Waals surface area contributed by atoms with Crippen molar-refractivity contribution < 1.29 is 9.59 Å². The molecule has 1 saturated heterocycles. The van der Waals surface area contributed by atoms with Gasteiger partial charge in [-0.25, -0.2) is 9.78 Å². The molecule has 1 aliphatic rings. The molecular formula is C13H20N4O2S. The second-order valence-electron chi connectivity index (χ2n) is 4.74. The molecule has 1 aromatic rings. The number of rotatable bonds is 3. The molecule has 0 radical (unpaired) electrons. The highest BCUT2D eigenvalue weighted by Crippen LogP contribution is 2.11. The molecule has 3 amide bonds. The van der Waals surface area contributed by atoms with Crippen LogP contribution in [0.4, 0.5) is 4.79 Å². The Hall–Kier alpha value is -1.63. The Morgan fingerprint density at radius 3 is 2.50 bits per heavy atom. The van der Waals surface area contributed by atoms with Crippen LogP contribution in [0.1, 0.15) is 17.6 Å². The maximum Gasteiger partial charge on any atom is 0.317 e. The quantitative estimate of drug-likeness (QED) is 0.900. The van der Waals surface area contributed by atoms with Crippen LogP contribution in [0.5, 0.6) is 0 Å². The van der Waals surface area contributed by atoms with Crippen LogP contribution in [0.25, 0.3) is 0 Å². The van der Waals surface area contributed by atoms with E-state index in [2.05, 4.69) is 10.3 Å². The third-order valence-electron chi connectivity index (χ3n) is 3.25. The molecule has 2 heterocycles. The monoisotopic (exact) mass is 296 g/mol. The van der Waals surface area contributed by atoms with Gasteiger partial charge in [-0.1, -0.05) is 0 Å². The van der Waals surface area contributed by atoms with Crippen molar-refractivity contribution >= 4 is 23.3 Å². The van der Waals surface area contributed by atoms with E-state index in [1.165, 1.54) is 0 Å². The van der Waals surface area contributed by atoms with E-state index in [0.717, 1.165) is 10.7 Å². The summed E-state index contributed by atoms with van der Waals surface area (Å²) in [5.41, 5.74) is 0.837. The van der Waals surface area contributed by atoms with Gasteiger partial charge in [0.2, 0.25) is 5.91 Å². The molecule has 1 aromatic heterocycles. The van der Waals surface area contributed by atoms with Crippen molar-refractivity contribution in [2.45, 2.75) is 20.3 Å². The third kappa shape index (κ3) is 3.69. The topological polar surface area (TPSA) is 65.5 Å². The van der Waals surface area contributed by atoms with Crippen molar-refractivity contribution in [3.05, 3.63) is 16.1 Å². The van der Waals surface area contributed by atoms with Gasteiger partial charge in [-0.15, -0.1) is 11.3 Å². The molecule has 2 rings (SSSR count). The van der Waals surface area contributed by atoms with Gasteiger partial charge in [-0.2, -0.15) is 0 Å². The van der Waals surface area contributed by atoms with Crippen LogP contribution in [0, 0.1) is 6.92 Å². The van der Waals surface area contributed by atoms with Gasteiger partial charge in [0.05, 0.1) is 17.1 Å². The number of aromatic nitrogens is 1. The second-order valence-corrected chi connectivity index (χ2v) is 5.80. The van der Waals surface area contributed by atoms with Crippen molar-refractivity contribution in [2.75, 3.05) is 32.7 Å². The smallest absolute Gasteiger partial charge is 0.317 e. The Kier molecular flexibility index (Phi) is 4.94. The van der Waals surface area contributed by atoms with E-state index in [1.807, 2.05) is 24.1 Å². The van der Waals surface area contributed by atoms with Gasteiger partial charge in [-0.3, -0.25) is 4.79 Å². The Morgan fingerprint density at radius 1 is 1.30 bits per heavy atom. The highest BCUT2D eigenvalue weighted by Gasteiger charge is 2.24. The highest BCUT2D eigenvalue weighted by atomic mass is 32.1. The van der Waals surface area contributed by atoms with Crippen molar-refractivity contribution in [2.24, 2.45) is 0 Å². The number of carbonyl (C=O) groups is 2. The largest absolute Gasteiger partial charge is 0.339 e. The van der Waals surface area contributed by atoms with Gasteiger partial charge >= 0.3 is 6.03 Å². The van der Waals surface area contributed by atoms with Crippen LogP contribution < -0.4 is 5.32 Å². The maximum atomic E-state index is 12.2. The molecule has 1 aliphatic heterocycles. The number of carbonyl (C=O) groups excluding carboxylic acids is 2. The fourth-order valence-electron chi connectivity index (χ4n) is 2.18. The van der Waals surface area contributed by atoms with Gasteiger partial charge in [-0.05, 0) is 13.8 Å². The lowest BCUT2D eigenvalue weighted by atomic mass is 10.2. The minimum Gasteiger partial charge on any atom is -0.339 e. The number of piperazine rings is 1. The van der Waals surface area contributed by atoms with Crippen LogP contribution in [0.15, 0.2) is 5.38 Å². The number of amides is 3. The predicted molar refractivity (Wildman–Crippen MR) is 77.8 cm³/mol. The van der Waals surface area contributed by atoms with Crippen LogP contribution in [0.2, 0.25) is 0 Å². The van der Waals surface area contributed by atoms with Crippen molar-refractivity contribution in [1.82, 2.24) is 20.1 Å². The van der Waals surface area contributed by atoms with Crippen LogP contribution in [-0.2, 0) is 11.2 Å². The molecule has 110 valence electrons. The van der Waals surface area contributed by atoms with Crippen LogP contribution >= 0.6 is 11.3 Å². The predicted octanol–water partition coefficient (Wildman–Crippen LogP) is 0.868. The third-order valence-corrected chi connectivity index (χ3v) is 4.07. The van der Waals surface area contributed by atoms with Crippen LogP contribution in [-0.4, -0.2) is 59.4 Å². The summed E-state index contributed by atoms with van der Waals surface area (Å²) in [4.78, 5) is 31.7. The average molecular weight is 296 g/mol. The van der Waals surface area contributed by atoms with Gasteiger partial charge < -0.3 is 15.1 Å². The Morgan fingerprint density at radius 2 is 1.95 bits per heavy atom. The molecule has 0 spiro atoms. The first-order valence-corrected chi connectivity index (χ1v) is 7.69. The molecule has 1 fully saturated rings. The maximum absolute atomic E-state index is 12.2. The normalized spacial score (nSPS) is 15.3. The summed E-state index contributed by atoms with van der Waals surface area (Å²) in [6, 6.07) is -0.0466. The number of aryl methyl sites for hydroxylation is 1. The number of nitrogens with one attached hydrogen (secondary N) is 1. The Bertz CT molecular complexity index is 480. The molecule has 0 aromatic carbocycles. The summed E-state index contributed by atoms with van der Waals surface area (Å²) in [7, 11) is 0. The average Bonchev–Trinajstić information content (AvgIpc) is 2.84. The zero-order valence-corrected chi connectivity index (χ0v) is 12.7. The lowest BCUT2D eigenvalue weighted by molar-refractivity contribution is -0.131. The molecule has 6 nitrogen and oxygen atoms in total. The molecular weight excluding hydrogens is 276 g/mol. The number of hydrogen-bond donors (Lipinski definition) is 1. The number of nitrogens with zero attached hydrogens (tertiary/aromatic N) is 3. The molecule has 0 aliphatic carbocycles. The summed E-state index contributed by atoms with van der Waals surface area (Å²) < 4.78 is 0. The Balaban J connectivity index is 1.81. The van der Waals surface area contributed by atoms with Crippen molar-refractivity contribution in [1.29, 1.82) is 0 Å². The van der Waals surface area contributed by atoms with Crippen molar-refractivity contribution in [3.63, 3.8) is 0 Å². The second kappa shape index (κ2) is 6.69. The lowest BCUT2D eigenvalue weighted by Gasteiger charge is -2.34. The molecule has 20 heavy (non-hydrogen) atoms. The highest BCUT2D eigenvalue weighted by molar-refractivity contribution is 7.09. The van der Waals surface area contributed by atoms with E-state index < -0.39 is 0 Å². The summed E-state index contributed by atoms with van der Waals surface area (Å²) in [5.74, 6) is 0.0887. The van der Waals surface area contributed by atoms with E-state index in [9.17, 15) is 9.59 Å². The van der Waals surface area contributed by atoms with E-state index in [-0.39, 0.29) is 11.9 Å². The zero-order chi connectivity index (χ0) is 14.5. The van der Waals surface area contributed by atoms with E-state index in [1.54, 1.807) is 16.2 Å². The van der Waals surface area contributed by atoms with Crippen molar-refractivity contribution in [3.8, 4) is 0 Å². The Labute approximate surface area is 122 Å². The molecule has 0 saturated carbocycles. The van der Waals surface area contributed by atoms with Gasteiger partial charge in [0.25, 0.3) is 0 Å². The first-order chi connectivity index (χ1) is 9.60. The van der Waals surface area contributed by atoms with Gasteiger partial charge in [0.1, 0.15) is 0 Å². The lowest BCUT2D eigenvalue weighted by Crippen LogP contribution is -2.53. The fraction of sp³-hybridized carbons (Fsp3) is 0.615. The van der Waals surface area contributed by atoms with E-state index in [4.69, 9.17) is 0 Å². The first-order valence-electron chi connectivity index (χ1n) is 6.81. The van der Waals surface area contributed by atoms with Gasteiger partial charge in [0.15, 0.2) is 0 Å². The van der Waals surface area contributed by atoms with Gasteiger partial charge in [0, 0.05) is 38.1 Å². The molecule has 0 bridgehead atoms. The number of thiazole rings is 1. The minimum atomic E-state index is -0.0466. The molecule has 0 unspecified atom stereocenters. The summed E-state index contributed by atoms with van der Waals surface area (Å²) in [6.07, 6.45) is 0.353. The van der Waals surface area contributed by atoms with Crippen LogP contribution in [0.3, 0.4) is 0 Å². The summed E-state index contributed by atoms with van der Waals surface area (Å²) in [5, 5.41) is 5.69. The number of urea groups is 1. The minimum absolute atomic E-state index is 0.0466. The van der Waals surface area contributed by atoms with E-state index >= 15 is 0 Å². The molecule has 1 N–H and O–H groups in total. The first kappa shape index (κ1) is 14.8. The summed E-state index contributed by atoms with van der Waals surface area (Å²) >= 11 is 1.56. The van der Waals surface area contributed by atoms with E-state index in [0.29, 0.717) is 39.1 Å². The zero-order valence-electron chi connectivity index (χ0n) is 11.9. The fourth-order valence-corrected chi connectivity index (χ4v) is 2.79. The number of hydrogen-bond acceptors (Lipinski definition) is 4. The molecule has 0 atom stereocenters. The SMILES string of the molecule is CCNC(=O)N1CCN(C(=O)Cc2csc(C)n2)CC1.